The third kappa shape index (κ3) is 8.33. The van der Waals surface area contributed by atoms with Gasteiger partial charge in [-0.25, -0.2) is 4.39 Å². The second-order valence-electron chi connectivity index (χ2n) is 11.9. The van der Waals surface area contributed by atoms with Crippen LogP contribution in [0.15, 0.2) is 36.4 Å². The zero-order chi connectivity index (χ0) is 33.3. The fraction of sp³-hybridized carbons (Fsp3) is 0.516. The molecule has 14 heteroatoms. The average molecular weight is 645 g/mol. The molecule has 0 unspecified atom stereocenters. The average Bonchev–Trinajstić information content (AvgIpc) is 2.95. The summed E-state index contributed by atoms with van der Waals surface area (Å²) in [5.41, 5.74) is 3.34. The number of nitrogens with two attached hydrogens (primary N) is 1. The number of primary amides is 1. The number of piperidine rings is 2. The number of alkyl halides is 6. The molecule has 2 aromatic carbocycles. The summed E-state index contributed by atoms with van der Waals surface area (Å²) in [5.74, 6) is -3.07. The quantitative estimate of drug-likeness (QED) is 0.432. The minimum atomic E-state index is -5.02. The summed E-state index contributed by atoms with van der Waals surface area (Å²) in [7, 11) is 1.32. The van der Waals surface area contributed by atoms with Gasteiger partial charge in [-0.2, -0.15) is 26.3 Å². The molecule has 0 saturated carbocycles. The van der Waals surface area contributed by atoms with E-state index in [9.17, 15) is 45.1 Å². The Balaban J connectivity index is 1.53. The maximum absolute atomic E-state index is 14.0. The van der Waals surface area contributed by atoms with Gasteiger partial charge in [-0.05, 0) is 79.8 Å². The van der Waals surface area contributed by atoms with Crippen LogP contribution in [0.1, 0.15) is 53.0 Å². The third-order valence-corrected chi connectivity index (χ3v) is 8.70. The van der Waals surface area contributed by atoms with Gasteiger partial charge in [-0.15, -0.1) is 0 Å². The van der Waals surface area contributed by atoms with E-state index in [1.807, 2.05) is 4.90 Å². The minimum Gasteiger partial charge on any atom is -0.369 e. The lowest BCUT2D eigenvalue weighted by molar-refractivity contribution is -0.143. The molecule has 2 N–H and O–H groups in total. The molecule has 0 aliphatic carbocycles. The molecule has 7 nitrogen and oxygen atoms in total. The zero-order valence-electron chi connectivity index (χ0n) is 24.8. The number of benzene rings is 2. The Hall–Kier alpha value is -3.68. The molecule has 0 spiro atoms. The summed E-state index contributed by atoms with van der Waals surface area (Å²) >= 11 is 0. The van der Waals surface area contributed by atoms with Gasteiger partial charge in [-0.3, -0.25) is 19.3 Å². The highest BCUT2D eigenvalue weighted by molar-refractivity contribution is 5.81. The normalized spacial score (nSPS) is 20.2. The smallest absolute Gasteiger partial charge is 0.369 e. The van der Waals surface area contributed by atoms with Crippen molar-refractivity contribution in [3.05, 3.63) is 70.0 Å². The van der Waals surface area contributed by atoms with Crippen molar-refractivity contribution in [3.8, 4) is 0 Å². The van der Waals surface area contributed by atoms with Gasteiger partial charge in [0.05, 0.1) is 17.7 Å². The number of nitrogens with zero attached hydrogens (tertiary/aromatic N) is 3. The predicted molar refractivity (Wildman–Crippen MR) is 150 cm³/mol. The number of aryl methyl sites for hydroxylation is 1. The van der Waals surface area contributed by atoms with E-state index in [0.717, 1.165) is 4.90 Å². The number of amides is 3. The number of carbonyl (C=O) groups excluding carboxylic acids is 3. The van der Waals surface area contributed by atoms with Crippen LogP contribution < -0.4 is 5.73 Å². The number of hydrogen-bond donors (Lipinski definition) is 1. The van der Waals surface area contributed by atoms with E-state index in [-0.39, 0.29) is 43.0 Å². The van der Waals surface area contributed by atoms with Crippen LogP contribution in [0.25, 0.3) is 0 Å². The molecule has 2 saturated heterocycles. The largest absolute Gasteiger partial charge is 0.416 e. The lowest BCUT2D eigenvalue weighted by Crippen LogP contribution is -2.50. The van der Waals surface area contributed by atoms with Gasteiger partial charge in [0.1, 0.15) is 5.82 Å². The van der Waals surface area contributed by atoms with Crippen molar-refractivity contribution >= 4 is 17.7 Å². The highest BCUT2D eigenvalue weighted by atomic mass is 19.4. The summed E-state index contributed by atoms with van der Waals surface area (Å²) in [6.07, 6.45) is -8.86. The van der Waals surface area contributed by atoms with E-state index < -0.39 is 59.5 Å². The Bertz CT molecular complexity index is 1390. The molecule has 2 aliphatic rings. The molecule has 4 rings (SSSR count). The predicted octanol–water partition coefficient (Wildman–Crippen LogP) is 4.96. The molecule has 2 heterocycles. The first-order valence-electron chi connectivity index (χ1n) is 14.5. The van der Waals surface area contributed by atoms with E-state index in [2.05, 4.69) is 0 Å². The van der Waals surface area contributed by atoms with Crippen molar-refractivity contribution in [2.45, 2.75) is 51.0 Å². The number of hydrogen-bond acceptors (Lipinski definition) is 4. The van der Waals surface area contributed by atoms with Crippen LogP contribution >= 0.6 is 0 Å². The van der Waals surface area contributed by atoms with Crippen molar-refractivity contribution in [2.24, 2.45) is 17.6 Å². The van der Waals surface area contributed by atoms with Crippen LogP contribution in [0.5, 0.6) is 0 Å². The monoisotopic (exact) mass is 644 g/mol. The second-order valence-corrected chi connectivity index (χ2v) is 11.9. The minimum absolute atomic E-state index is 0.0373. The summed E-state index contributed by atoms with van der Waals surface area (Å²) in [4.78, 5) is 43.0. The van der Waals surface area contributed by atoms with Gasteiger partial charge in [0.15, 0.2) is 0 Å². The number of carbonyl (C=O) groups is 3. The second kappa shape index (κ2) is 13.4. The van der Waals surface area contributed by atoms with Gasteiger partial charge >= 0.3 is 12.4 Å². The summed E-state index contributed by atoms with van der Waals surface area (Å²) in [6.45, 7) is 2.56. The molecular formula is C31H35F7N4O3. The van der Waals surface area contributed by atoms with E-state index in [4.69, 9.17) is 5.73 Å². The Labute approximate surface area is 256 Å². The van der Waals surface area contributed by atoms with Crippen molar-refractivity contribution < 1.29 is 45.1 Å². The summed E-state index contributed by atoms with van der Waals surface area (Å²) in [6, 6.07) is 5.35. The van der Waals surface area contributed by atoms with Crippen LogP contribution in [-0.4, -0.2) is 72.2 Å². The lowest BCUT2D eigenvalue weighted by Gasteiger charge is -2.40. The maximum Gasteiger partial charge on any atom is 0.416 e. The first-order valence-corrected chi connectivity index (χ1v) is 14.5. The SMILES string of the molecule is Cc1cc(F)ccc1[C@@H]1CN(CC(=O)N2CCC(C(N)=O)CC2)CC[C@H]1C(=O)N(C)Cc1cc(C(F)(F)F)cc(C(F)(F)F)c1. The van der Waals surface area contributed by atoms with Crippen molar-refractivity contribution in [3.63, 3.8) is 0 Å². The molecular weight excluding hydrogens is 609 g/mol. The molecule has 246 valence electrons. The fourth-order valence-corrected chi connectivity index (χ4v) is 6.28. The van der Waals surface area contributed by atoms with E-state index in [0.29, 0.717) is 55.7 Å². The number of halogens is 7. The Kier molecular flexibility index (Phi) is 10.1. The van der Waals surface area contributed by atoms with Crippen LogP contribution in [0, 0.1) is 24.6 Å². The highest BCUT2D eigenvalue weighted by Crippen LogP contribution is 2.38. The van der Waals surface area contributed by atoms with Gasteiger partial charge < -0.3 is 15.5 Å². The molecule has 0 radical (unpaired) electrons. The Morgan fingerprint density at radius 1 is 0.911 bits per heavy atom. The molecule has 45 heavy (non-hydrogen) atoms. The fourth-order valence-electron chi connectivity index (χ4n) is 6.28. The Morgan fingerprint density at radius 2 is 1.51 bits per heavy atom. The first kappa shape index (κ1) is 34.2. The van der Waals surface area contributed by atoms with Crippen molar-refractivity contribution in [2.75, 3.05) is 39.8 Å². The van der Waals surface area contributed by atoms with Crippen LogP contribution in [-0.2, 0) is 33.3 Å². The van der Waals surface area contributed by atoms with Crippen molar-refractivity contribution in [1.29, 1.82) is 0 Å². The molecule has 2 fully saturated rings. The molecule has 0 aromatic heterocycles. The lowest BCUT2D eigenvalue weighted by atomic mass is 9.78. The number of rotatable bonds is 7. The summed E-state index contributed by atoms with van der Waals surface area (Å²) < 4.78 is 94.4. The highest BCUT2D eigenvalue weighted by Gasteiger charge is 2.40. The molecule has 2 aromatic rings. The van der Waals surface area contributed by atoms with E-state index in [1.165, 1.54) is 19.2 Å². The third-order valence-electron chi connectivity index (χ3n) is 8.70. The molecule has 3 amide bonds. The van der Waals surface area contributed by atoms with Gasteiger partial charge in [0.25, 0.3) is 0 Å². The maximum atomic E-state index is 14.0. The number of likely N-dealkylation sites (tertiary alicyclic amines) is 2. The molecule has 2 atom stereocenters. The molecule has 2 aliphatic heterocycles. The zero-order valence-corrected chi connectivity index (χ0v) is 24.8. The van der Waals surface area contributed by atoms with E-state index in [1.54, 1.807) is 17.9 Å². The van der Waals surface area contributed by atoms with E-state index >= 15 is 0 Å². The summed E-state index contributed by atoms with van der Waals surface area (Å²) in [5, 5.41) is 0. The first-order chi connectivity index (χ1) is 20.9. The van der Waals surface area contributed by atoms with Crippen molar-refractivity contribution in [1.82, 2.24) is 14.7 Å². The van der Waals surface area contributed by atoms with Crippen LogP contribution in [0.2, 0.25) is 0 Å². The topological polar surface area (TPSA) is 87.0 Å². The Morgan fingerprint density at radius 3 is 2.04 bits per heavy atom. The van der Waals surface area contributed by atoms with Crippen LogP contribution in [0.4, 0.5) is 30.7 Å². The molecule has 0 bridgehead atoms. The van der Waals surface area contributed by atoms with Gasteiger partial charge in [-0.1, -0.05) is 6.07 Å². The van der Waals surface area contributed by atoms with Gasteiger partial charge in [0.2, 0.25) is 17.7 Å². The standard InChI is InChI=1S/C31H35F7N4O3/c1-18-11-23(32)3-4-24(18)26-16-41(17-27(43)42-9-5-20(6-10-42)28(39)44)8-7-25(26)29(45)40(2)15-19-12-21(30(33,34)35)14-22(13-19)31(36,37)38/h3-4,11-14,20,25-26H,5-10,15-17H2,1-2H3,(H2,39,44)/t25-,26+/m1/s1. The van der Waals surface area contributed by atoms with Crippen LogP contribution in [0.3, 0.4) is 0 Å². The van der Waals surface area contributed by atoms with Gasteiger partial charge in [0, 0.05) is 51.0 Å².